The summed E-state index contributed by atoms with van der Waals surface area (Å²) in [6, 6.07) is 9.29. The summed E-state index contributed by atoms with van der Waals surface area (Å²) < 4.78 is 7.77. The number of rotatable bonds is 5. The van der Waals surface area contributed by atoms with Crippen LogP contribution < -0.4 is 0 Å². The van der Waals surface area contributed by atoms with Crippen LogP contribution in [0.25, 0.3) is 33.3 Å². The molecule has 0 bridgehead atoms. The Labute approximate surface area is 198 Å². The summed E-state index contributed by atoms with van der Waals surface area (Å²) in [6.07, 6.45) is 12.3. The van der Waals surface area contributed by atoms with Gasteiger partial charge in [-0.1, -0.05) is 17.3 Å². The van der Waals surface area contributed by atoms with Gasteiger partial charge in [-0.05, 0) is 87.5 Å². The maximum absolute atomic E-state index is 11.3. The second-order valence-corrected chi connectivity index (χ2v) is 10.3. The molecule has 0 aliphatic heterocycles. The first-order valence-electron chi connectivity index (χ1n) is 12.2. The number of nitrogens with zero attached hydrogens (tertiary/aromatic N) is 3. The third-order valence-electron chi connectivity index (χ3n) is 8.06. The van der Waals surface area contributed by atoms with Gasteiger partial charge in [0.1, 0.15) is 5.76 Å². The van der Waals surface area contributed by atoms with Crippen LogP contribution in [0.3, 0.4) is 0 Å². The quantitative estimate of drug-likeness (QED) is 0.365. The summed E-state index contributed by atoms with van der Waals surface area (Å²) in [5.41, 5.74) is 7.90. The van der Waals surface area contributed by atoms with Crippen LogP contribution in [0.1, 0.15) is 60.3 Å². The minimum absolute atomic E-state index is 0.289. The van der Waals surface area contributed by atoms with Gasteiger partial charge < -0.3 is 14.2 Å². The normalized spacial score (nSPS) is 17.5. The lowest BCUT2D eigenvalue weighted by Gasteiger charge is -2.28. The molecule has 6 nitrogen and oxygen atoms in total. The molecule has 0 saturated heterocycles. The molecule has 6 heteroatoms. The third kappa shape index (κ3) is 3.61. The molecular formula is C28H29N3O3. The van der Waals surface area contributed by atoms with Crippen LogP contribution in [0, 0.1) is 25.2 Å². The van der Waals surface area contributed by atoms with Gasteiger partial charge in [0, 0.05) is 35.6 Å². The van der Waals surface area contributed by atoms with E-state index in [9.17, 15) is 9.90 Å². The van der Waals surface area contributed by atoms with Crippen molar-refractivity contribution >= 4 is 17.0 Å². The van der Waals surface area contributed by atoms with Gasteiger partial charge >= 0.3 is 5.97 Å². The van der Waals surface area contributed by atoms with Crippen molar-refractivity contribution in [2.75, 3.05) is 0 Å². The summed E-state index contributed by atoms with van der Waals surface area (Å²) in [4.78, 5) is 16.2. The molecule has 1 N–H and O–H groups in total. The molecular weight excluding hydrogens is 426 g/mol. The maximum atomic E-state index is 11.3. The monoisotopic (exact) mass is 455 g/mol. The number of hydrogen-bond acceptors (Lipinski definition) is 4. The minimum atomic E-state index is -0.915. The number of aryl methyl sites for hydroxylation is 2. The molecule has 4 aromatic rings. The predicted molar refractivity (Wildman–Crippen MR) is 131 cm³/mol. The van der Waals surface area contributed by atoms with Gasteiger partial charge in [0.2, 0.25) is 0 Å². The summed E-state index contributed by atoms with van der Waals surface area (Å²) >= 11 is 0. The molecule has 3 aromatic heterocycles. The van der Waals surface area contributed by atoms with E-state index in [1.807, 2.05) is 32.2 Å². The van der Waals surface area contributed by atoms with Crippen LogP contribution >= 0.6 is 0 Å². The molecule has 2 aliphatic rings. The number of aromatic nitrogens is 3. The smallest absolute Gasteiger partial charge is 0.335 e. The Bertz CT molecular complexity index is 1360. The van der Waals surface area contributed by atoms with E-state index < -0.39 is 5.97 Å². The van der Waals surface area contributed by atoms with Crippen LogP contribution in [0.15, 0.2) is 47.2 Å². The van der Waals surface area contributed by atoms with E-state index in [1.165, 1.54) is 38.5 Å². The molecule has 0 atom stereocenters. The standard InChI is InChI=1S/C28H29N3O3/c1-17-25(18(2)34-30-17)22-13-24-26(29-14-22)23(20-3-5-21(6-4-20)27(32)33)16-31(24)15-19-7-9-28(10-8-19)11-12-28/h3-6,13-14,16,19H,7-12,15H2,1-2H3,(H,32,33). The van der Waals surface area contributed by atoms with E-state index in [2.05, 4.69) is 22.0 Å². The topological polar surface area (TPSA) is 81.2 Å². The lowest BCUT2D eigenvalue weighted by molar-refractivity contribution is 0.0697. The Morgan fingerprint density at radius 1 is 1.12 bits per heavy atom. The highest BCUT2D eigenvalue weighted by molar-refractivity contribution is 5.96. The summed E-state index contributed by atoms with van der Waals surface area (Å²) in [5, 5.41) is 13.4. The van der Waals surface area contributed by atoms with Crippen molar-refractivity contribution < 1.29 is 14.4 Å². The number of carboxylic acids is 1. The second-order valence-electron chi connectivity index (χ2n) is 10.3. The van der Waals surface area contributed by atoms with Gasteiger partial charge in [-0.25, -0.2) is 4.79 Å². The Balaban J connectivity index is 1.42. The van der Waals surface area contributed by atoms with Crippen LogP contribution in [0.4, 0.5) is 0 Å². The lowest BCUT2D eigenvalue weighted by atomic mass is 9.80. The highest BCUT2D eigenvalue weighted by Crippen LogP contribution is 2.57. The summed E-state index contributed by atoms with van der Waals surface area (Å²) in [6.45, 7) is 4.87. The Kier molecular flexibility index (Phi) is 4.87. The number of carboxylic acid groups (broad SMARTS) is 1. The van der Waals surface area contributed by atoms with Crippen LogP contribution in [0.5, 0.6) is 0 Å². The first-order chi connectivity index (χ1) is 16.4. The van der Waals surface area contributed by atoms with Crippen LogP contribution in [-0.4, -0.2) is 25.8 Å². The average molecular weight is 456 g/mol. The van der Waals surface area contributed by atoms with Crippen LogP contribution in [0.2, 0.25) is 0 Å². The van der Waals surface area contributed by atoms with Crippen molar-refractivity contribution in [2.45, 2.75) is 58.9 Å². The van der Waals surface area contributed by atoms with Crippen molar-refractivity contribution in [3.63, 3.8) is 0 Å². The Morgan fingerprint density at radius 3 is 2.47 bits per heavy atom. The van der Waals surface area contributed by atoms with E-state index >= 15 is 0 Å². The zero-order chi connectivity index (χ0) is 23.4. The second kappa shape index (κ2) is 7.83. The van der Waals surface area contributed by atoms with Crippen molar-refractivity contribution in [3.8, 4) is 22.3 Å². The zero-order valence-corrected chi connectivity index (χ0v) is 19.7. The molecule has 2 fully saturated rings. The van der Waals surface area contributed by atoms with E-state index in [-0.39, 0.29) is 5.56 Å². The molecule has 34 heavy (non-hydrogen) atoms. The van der Waals surface area contributed by atoms with Gasteiger partial charge in [-0.15, -0.1) is 0 Å². The zero-order valence-electron chi connectivity index (χ0n) is 19.7. The average Bonchev–Trinajstić information content (AvgIpc) is 3.38. The van der Waals surface area contributed by atoms with Gasteiger partial charge in [0.05, 0.1) is 22.3 Å². The van der Waals surface area contributed by atoms with Crippen molar-refractivity contribution in [2.24, 2.45) is 11.3 Å². The first-order valence-corrected chi connectivity index (χ1v) is 12.2. The van der Waals surface area contributed by atoms with Gasteiger partial charge in [-0.3, -0.25) is 4.98 Å². The summed E-state index contributed by atoms with van der Waals surface area (Å²) in [5.74, 6) is 0.553. The number of fused-ring (bicyclic) bond motifs is 1. The molecule has 2 saturated carbocycles. The minimum Gasteiger partial charge on any atom is -0.478 e. The molecule has 2 aliphatic carbocycles. The molecule has 3 heterocycles. The molecule has 6 rings (SSSR count). The SMILES string of the molecule is Cc1noc(C)c1-c1cnc2c(-c3ccc(C(=O)O)cc3)cn(CC3CCC4(CC3)CC4)c2c1. The highest BCUT2D eigenvalue weighted by Gasteiger charge is 2.44. The van der Waals surface area contributed by atoms with Crippen molar-refractivity contribution in [1.29, 1.82) is 0 Å². The van der Waals surface area contributed by atoms with Crippen molar-refractivity contribution in [3.05, 3.63) is 59.7 Å². The largest absolute Gasteiger partial charge is 0.478 e. The van der Waals surface area contributed by atoms with E-state index in [1.54, 1.807) is 12.1 Å². The number of benzene rings is 1. The summed E-state index contributed by atoms with van der Waals surface area (Å²) in [7, 11) is 0. The number of aromatic carboxylic acids is 1. The van der Waals surface area contributed by atoms with E-state index in [0.29, 0.717) is 11.3 Å². The Morgan fingerprint density at radius 2 is 1.85 bits per heavy atom. The fraction of sp³-hybridized carbons (Fsp3) is 0.393. The van der Waals surface area contributed by atoms with Gasteiger partial charge in [0.25, 0.3) is 0 Å². The lowest BCUT2D eigenvalue weighted by Crippen LogP contribution is -2.19. The highest BCUT2D eigenvalue weighted by atomic mass is 16.5. The molecule has 174 valence electrons. The Hall–Kier alpha value is -3.41. The maximum Gasteiger partial charge on any atom is 0.335 e. The fourth-order valence-electron chi connectivity index (χ4n) is 5.78. The van der Waals surface area contributed by atoms with Crippen molar-refractivity contribution in [1.82, 2.24) is 14.7 Å². The number of carbonyl (C=O) groups is 1. The number of hydrogen-bond donors (Lipinski definition) is 1. The van der Waals surface area contributed by atoms with E-state index in [4.69, 9.17) is 9.51 Å². The molecule has 1 spiro atoms. The van der Waals surface area contributed by atoms with E-state index in [0.717, 1.165) is 51.3 Å². The number of pyridine rings is 1. The molecule has 1 aromatic carbocycles. The third-order valence-corrected chi connectivity index (χ3v) is 8.06. The molecule has 0 radical (unpaired) electrons. The van der Waals surface area contributed by atoms with Gasteiger partial charge in [-0.2, -0.15) is 0 Å². The van der Waals surface area contributed by atoms with Crippen LogP contribution in [-0.2, 0) is 6.54 Å². The fourth-order valence-corrected chi connectivity index (χ4v) is 5.78. The van der Waals surface area contributed by atoms with Gasteiger partial charge in [0.15, 0.2) is 0 Å². The predicted octanol–water partition coefficient (Wildman–Crippen LogP) is 6.64. The molecule has 0 amide bonds. The first kappa shape index (κ1) is 21.1. The molecule has 0 unspecified atom stereocenters.